The minimum atomic E-state index is -3.82. The summed E-state index contributed by atoms with van der Waals surface area (Å²) in [6, 6.07) is 6.44. The molecule has 0 aliphatic rings. The minimum absolute atomic E-state index is 0.0928. The van der Waals surface area contributed by atoms with Gasteiger partial charge in [0, 0.05) is 6.54 Å². The number of carboxylic acids is 1. The summed E-state index contributed by atoms with van der Waals surface area (Å²) in [6.07, 6.45) is 0. The van der Waals surface area contributed by atoms with E-state index < -0.39 is 21.5 Å². The third kappa shape index (κ3) is 2.96. The zero-order chi connectivity index (χ0) is 14.8. The van der Waals surface area contributed by atoms with Crippen LogP contribution in [0, 0.1) is 6.92 Å². The lowest BCUT2D eigenvalue weighted by molar-refractivity contribution is -0.146. The Morgan fingerprint density at radius 2 is 1.95 bits per heavy atom. The van der Waals surface area contributed by atoms with Gasteiger partial charge in [0.2, 0.25) is 10.0 Å². The van der Waals surface area contributed by atoms with E-state index in [0.29, 0.717) is 0 Å². The van der Waals surface area contributed by atoms with Crippen LogP contribution in [0.3, 0.4) is 0 Å². The Labute approximate surface area is 113 Å². The molecule has 0 bridgehead atoms. The van der Waals surface area contributed by atoms with Crippen LogP contribution < -0.4 is 0 Å². The molecule has 0 spiro atoms. The first kappa shape index (κ1) is 15.7. The Bertz CT molecular complexity index is 578. The number of aryl methyl sites for hydroxylation is 1. The molecule has 19 heavy (non-hydrogen) atoms. The van der Waals surface area contributed by atoms with E-state index in [0.717, 1.165) is 9.87 Å². The number of hydrogen-bond acceptors (Lipinski definition) is 3. The number of sulfonamides is 1. The molecule has 0 atom stereocenters. The molecule has 0 aliphatic heterocycles. The van der Waals surface area contributed by atoms with Gasteiger partial charge < -0.3 is 5.11 Å². The smallest absolute Gasteiger partial charge is 0.324 e. The van der Waals surface area contributed by atoms with Gasteiger partial charge in [-0.3, -0.25) is 4.79 Å². The van der Waals surface area contributed by atoms with E-state index >= 15 is 0 Å². The van der Waals surface area contributed by atoms with Crippen molar-refractivity contribution in [2.45, 2.75) is 38.1 Å². The second kappa shape index (κ2) is 5.30. The maximum absolute atomic E-state index is 12.5. The fourth-order valence-corrected chi connectivity index (χ4v) is 3.73. The predicted molar refractivity (Wildman–Crippen MR) is 72.5 cm³/mol. The normalized spacial score (nSPS) is 12.7. The van der Waals surface area contributed by atoms with E-state index in [1.165, 1.54) is 26.0 Å². The summed E-state index contributed by atoms with van der Waals surface area (Å²) < 4.78 is 26.1. The van der Waals surface area contributed by atoms with E-state index in [1.54, 1.807) is 26.0 Å². The van der Waals surface area contributed by atoms with Gasteiger partial charge in [-0.25, -0.2) is 8.42 Å². The molecule has 0 saturated carbocycles. The summed E-state index contributed by atoms with van der Waals surface area (Å²) in [7, 11) is -3.82. The maximum Gasteiger partial charge on any atom is 0.324 e. The van der Waals surface area contributed by atoms with Crippen molar-refractivity contribution < 1.29 is 18.3 Å². The Kier molecular flexibility index (Phi) is 4.37. The molecule has 5 nitrogen and oxygen atoms in total. The van der Waals surface area contributed by atoms with Gasteiger partial charge in [-0.15, -0.1) is 0 Å². The van der Waals surface area contributed by atoms with Gasteiger partial charge in [-0.1, -0.05) is 19.1 Å². The van der Waals surface area contributed by atoms with Gasteiger partial charge in [-0.05, 0) is 38.5 Å². The molecule has 0 aromatic heterocycles. The van der Waals surface area contributed by atoms with Crippen LogP contribution >= 0.6 is 0 Å². The van der Waals surface area contributed by atoms with Gasteiger partial charge in [-0.2, -0.15) is 4.31 Å². The number of carbonyl (C=O) groups is 1. The second-order valence-electron chi connectivity index (χ2n) is 4.85. The Balaban J connectivity index is 3.36. The highest BCUT2D eigenvalue weighted by Crippen LogP contribution is 2.25. The quantitative estimate of drug-likeness (QED) is 0.896. The molecule has 1 aromatic carbocycles. The fourth-order valence-electron chi connectivity index (χ4n) is 1.88. The first-order valence-electron chi connectivity index (χ1n) is 5.97. The molecule has 0 fully saturated rings. The number of likely N-dealkylation sites (N-methyl/N-ethyl adjacent to an activating group) is 1. The molecule has 1 N–H and O–H groups in total. The molecule has 106 valence electrons. The topological polar surface area (TPSA) is 74.7 Å². The predicted octanol–water partition coefficient (Wildman–Crippen LogP) is 1.87. The lowest BCUT2D eigenvalue weighted by Gasteiger charge is -2.33. The molecule has 0 aliphatic carbocycles. The van der Waals surface area contributed by atoms with Crippen molar-refractivity contribution in [3.05, 3.63) is 29.8 Å². The lowest BCUT2D eigenvalue weighted by atomic mass is 10.1. The monoisotopic (exact) mass is 285 g/mol. The summed E-state index contributed by atoms with van der Waals surface area (Å²) in [4.78, 5) is 11.4. The molecular formula is C13H19NO4S. The number of aliphatic carboxylic acids is 1. The van der Waals surface area contributed by atoms with Crippen molar-refractivity contribution in [3.63, 3.8) is 0 Å². The zero-order valence-corrected chi connectivity index (χ0v) is 12.4. The summed E-state index contributed by atoms with van der Waals surface area (Å²) in [5.41, 5.74) is -0.678. The molecule has 6 heteroatoms. The summed E-state index contributed by atoms with van der Waals surface area (Å²) in [5, 5.41) is 9.20. The Morgan fingerprint density at radius 1 is 1.37 bits per heavy atom. The van der Waals surface area contributed by atoms with Gasteiger partial charge in [0.05, 0.1) is 4.90 Å². The Hall–Kier alpha value is -1.40. The van der Waals surface area contributed by atoms with E-state index in [2.05, 4.69) is 0 Å². The number of benzene rings is 1. The summed E-state index contributed by atoms with van der Waals surface area (Å²) >= 11 is 0. The number of hydrogen-bond donors (Lipinski definition) is 1. The molecule has 0 radical (unpaired) electrons. The maximum atomic E-state index is 12.5. The minimum Gasteiger partial charge on any atom is -0.480 e. The first-order valence-corrected chi connectivity index (χ1v) is 7.41. The summed E-state index contributed by atoms with van der Waals surface area (Å²) in [5.74, 6) is -1.18. The van der Waals surface area contributed by atoms with E-state index in [1.807, 2.05) is 0 Å². The standard InChI is InChI=1S/C13H19NO4S/c1-5-14(13(3,4)12(15)16)19(17,18)11-8-6-7-10(2)9-11/h6-9H,5H2,1-4H3,(H,15,16). The van der Waals surface area contributed by atoms with Gasteiger partial charge in [0.15, 0.2) is 0 Å². The molecule has 0 amide bonds. The molecule has 0 heterocycles. The Morgan fingerprint density at radius 3 is 2.37 bits per heavy atom. The lowest BCUT2D eigenvalue weighted by Crippen LogP contribution is -2.52. The van der Waals surface area contributed by atoms with Crippen LogP contribution in [0.4, 0.5) is 0 Å². The van der Waals surface area contributed by atoms with E-state index in [4.69, 9.17) is 0 Å². The largest absolute Gasteiger partial charge is 0.480 e. The van der Waals surface area contributed by atoms with Crippen molar-refractivity contribution >= 4 is 16.0 Å². The highest BCUT2D eigenvalue weighted by Gasteiger charge is 2.41. The SMILES string of the molecule is CCN(C(C)(C)C(=O)O)S(=O)(=O)c1cccc(C)c1. The zero-order valence-electron chi connectivity index (χ0n) is 11.5. The van der Waals surface area contributed by atoms with Crippen LogP contribution in [0.2, 0.25) is 0 Å². The molecule has 1 aromatic rings. The van der Waals surface area contributed by atoms with Crippen molar-refractivity contribution in [1.82, 2.24) is 4.31 Å². The average molecular weight is 285 g/mol. The second-order valence-corrected chi connectivity index (χ2v) is 6.71. The van der Waals surface area contributed by atoms with Crippen LogP contribution in [0.5, 0.6) is 0 Å². The highest BCUT2D eigenvalue weighted by molar-refractivity contribution is 7.89. The van der Waals surface area contributed by atoms with E-state index in [-0.39, 0.29) is 11.4 Å². The van der Waals surface area contributed by atoms with Gasteiger partial charge in [0.1, 0.15) is 5.54 Å². The van der Waals surface area contributed by atoms with Crippen molar-refractivity contribution in [2.75, 3.05) is 6.54 Å². The molecular weight excluding hydrogens is 266 g/mol. The van der Waals surface area contributed by atoms with Crippen LogP contribution in [0.25, 0.3) is 0 Å². The number of carboxylic acid groups (broad SMARTS) is 1. The van der Waals surface area contributed by atoms with E-state index in [9.17, 15) is 18.3 Å². The van der Waals surface area contributed by atoms with Crippen LogP contribution in [0.15, 0.2) is 29.2 Å². The third-order valence-corrected chi connectivity index (χ3v) is 5.16. The highest BCUT2D eigenvalue weighted by atomic mass is 32.2. The van der Waals surface area contributed by atoms with Crippen LogP contribution in [0.1, 0.15) is 26.3 Å². The fraction of sp³-hybridized carbons (Fsp3) is 0.462. The van der Waals surface area contributed by atoms with Crippen LogP contribution in [-0.4, -0.2) is 35.9 Å². The molecule has 1 rings (SSSR count). The summed E-state index contributed by atoms with van der Waals surface area (Å²) in [6.45, 7) is 6.27. The van der Waals surface area contributed by atoms with Crippen LogP contribution in [-0.2, 0) is 14.8 Å². The first-order chi connectivity index (χ1) is 8.64. The van der Waals surface area contributed by atoms with Gasteiger partial charge in [0.25, 0.3) is 0 Å². The van der Waals surface area contributed by atoms with Gasteiger partial charge >= 0.3 is 5.97 Å². The number of nitrogens with zero attached hydrogens (tertiary/aromatic N) is 1. The van der Waals surface area contributed by atoms with Crippen molar-refractivity contribution in [3.8, 4) is 0 Å². The van der Waals surface area contributed by atoms with Crippen molar-refractivity contribution in [1.29, 1.82) is 0 Å². The molecule has 0 saturated heterocycles. The number of rotatable bonds is 5. The average Bonchev–Trinajstić information content (AvgIpc) is 2.28. The molecule has 0 unspecified atom stereocenters. The third-order valence-electron chi connectivity index (χ3n) is 3.01. The van der Waals surface area contributed by atoms with Crippen molar-refractivity contribution in [2.24, 2.45) is 0 Å².